The minimum Gasteiger partial charge on any atom is -0.378 e. The van der Waals surface area contributed by atoms with Crippen LogP contribution >= 0.6 is 0 Å². The first-order chi connectivity index (χ1) is 9.97. The Kier molecular flexibility index (Phi) is 4.52. The molecule has 0 aliphatic carbocycles. The molecule has 110 valence electrons. The zero-order valence-corrected chi connectivity index (χ0v) is 12.0. The highest BCUT2D eigenvalue weighted by Gasteiger charge is 2.10. The van der Waals surface area contributed by atoms with E-state index in [1.165, 1.54) is 11.6 Å². The largest absolute Gasteiger partial charge is 0.378 e. The van der Waals surface area contributed by atoms with Gasteiger partial charge in [-0.2, -0.15) is 0 Å². The predicted octanol–water partition coefficient (Wildman–Crippen LogP) is 4.47. The van der Waals surface area contributed by atoms with E-state index in [0.29, 0.717) is 12.5 Å². The second-order valence-corrected chi connectivity index (χ2v) is 5.17. The maximum absolute atomic E-state index is 13.6. The van der Waals surface area contributed by atoms with Crippen molar-refractivity contribution in [3.05, 3.63) is 69.5 Å². The fraction of sp³-hybridized carbons (Fsp3) is 0.250. The van der Waals surface area contributed by atoms with Crippen molar-refractivity contribution >= 4 is 11.4 Å². The molecule has 21 heavy (non-hydrogen) atoms. The van der Waals surface area contributed by atoms with E-state index in [1.54, 1.807) is 0 Å². The summed E-state index contributed by atoms with van der Waals surface area (Å²) in [5, 5.41) is 13.6. The number of anilines is 1. The van der Waals surface area contributed by atoms with Gasteiger partial charge < -0.3 is 5.32 Å². The number of nitro benzene ring substituents is 1. The lowest BCUT2D eigenvalue weighted by Gasteiger charge is -2.09. The number of halogens is 1. The Morgan fingerprint density at radius 1 is 1.19 bits per heavy atom. The third kappa shape index (κ3) is 3.78. The van der Waals surface area contributed by atoms with Crippen LogP contribution in [0, 0.1) is 15.9 Å². The summed E-state index contributed by atoms with van der Waals surface area (Å²) in [6.07, 6.45) is 0. The third-order valence-corrected chi connectivity index (χ3v) is 3.29. The van der Waals surface area contributed by atoms with Gasteiger partial charge in [-0.25, -0.2) is 4.39 Å². The molecule has 0 unspecified atom stereocenters. The van der Waals surface area contributed by atoms with Gasteiger partial charge in [-0.1, -0.05) is 38.1 Å². The third-order valence-electron chi connectivity index (χ3n) is 3.29. The quantitative estimate of drug-likeness (QED) is 0.652. The molecule has 0 aromatic heterocycles. The lowest BCUT2D eigenvalue weighted by Crippen LogP contribution is -2.02. The molecular formula is C16H17FN2O2. The molecule has 0 aliphatic heterocycles. The molecule has 0 amide bonds. The van der Waals surface area contributed by atoms with Crippen LogP contribution in [0.5, 0.6) is 0 Å². The topological polar surface area (TPSA) is 55.2 Å². The fourth-order valence-corrected chi connectivity index (χ4v) is 1.98. The van der Waals surface area contributed by atoms with Crippen LogP contribution in [0.1, 0.15) is 30.9 Å². The van der Waals surface area contributed by atoms with Crippen LogP contribution in [0.4, 0.5) is 15.8 Å². The van der Waals surface area contributed by atoms with Gasteiger partial charge in [-0.15, -0.1) is 0 Å². The summed E-state index contributed by atoms with van der Waals surface area (Å²) in [6.45, 7) is 4.65. The smallest absolute Gasteiger partial charge is 0.271 e. The maximum Gasteiger partial charge on any atom is 0.271 e. The summed E-state index contributed by atoms with van der Waals surface area (Å²) in [6, 6.07) is 11.5. The molecule has 0 saturated heterocycles. The van der Waals surface area contributed by atoms with Crippen LogP contribution in [0.2, 0.25) is 0 Å². The minimum absolute atomic E-state index is 0.131. The van der Waals surface area contributed by atoms with Crippen molar-refractivity contribution in [2.45, 2.75) is 26.3 Å². The van der Waals surface area contributed by atoms with E-state index in [9.17, 15) is 14.5 Å². The van der Waals surface area contributed by atoms with Crippen LogP contribution in [0.15, 0.2) is 42.5 Å². The monoisotopic (exact) mass is 288 g/mol. The molecular weight excluding hydrogens is 271 g/mol. The Morgan fingerprint density at radius 2 is 1.86 bits per heavy atom. The molecule has 2 rings (SSSR count). The normalized spacial score (nSPS) is 10.7. The molecule has 2 aromatic rings. The number of rotatable bonds is 5. The first kappa shape index (κ1) is 15.0. The van der Waals surface area contributed by atoms with Crippen LogP contribution in [-0.2, 0) is 6.54 Å². The molecule has 1 N–H and O–H groups in total. The molecule has 0 fully saturated rings. The van der Waals surface area contributed by atoms with Crippen LogP contribution in [0.25, 0.3) is 0 Å². The van der Waals surface area contributed by atoms with Crippen molar-refractivity contribution in [1.82, 2.24) is 0 Å². The second kappa shape index (κ2) is 6.35. The van der Waals surface area contributed by atoms with Crippen molar-refractivity contribution in [1.29, 1.82) is 0 Å². The summed E-state index contributed by atoms with van der Waals surface area (Å²) in [7, 11) is 0. The Bertz CT molecular complexity index is 639. The van der Waals surface area contributed by atoms with Gasteiger partial charge in [0.25, 0.3) is 5.69 Å². The standard InChI is InChI=1S/C16H17FN2O2/c1-11(2)13-5-3-12(4-6-13)10-18-16-9-14(19(20)21)7-8-15(16)17/h3-9,11,18H,10H2,1-2H3. The van der Waals surface area contributed by atoms with Crippen molar-refractivity contribution in [3.63, 3.8) is 0 Å². The summed E-state index contributed by atoms with van der Waals surface area (Å²) in [5.74, 6) is -0.0411. The van der Waals surface area contributed by atoms with Gasteiger partial charge in [0.15, 0.2) is 0 Å². The predicted molar refractivity (Wildman–Crippen MR) is 80.9 cm³/mol. The van der Waals surface area contributed by atoms with Gasteiger partial charge in [0.1, 0.15) is 5.82 Å². The van der Waals surface area contributed by atoms with Crippen LogP contribution < -0.4 is 5.32 Å². The minimum atomic E-state index is -0.540. The average molecular weight is 288 g/mol. The lowest BCUT2D eigenvalue weighted by molar-refractivity contribution is -0.384. The lowest BCUT2D eigenvalue weighted by atomic mass is 10.0. The molecule has 0 saturated carbocycles. The fourth-order valence-electron chi connectivity index (χ4n) is 1.98. The number of nitrogens with one attached hydrogen (secondary N) is 1. The highest BCUT2D eigenvalue weighted by molar-refractivity contribution is 5.52. The molecule has 0 radical (unpaired) electrons. The number of nitrogens with zero attached hydrogens (tertiary/aromatic N) is 1. The molecule has 0 bridgehead atoms. The Balaban J connectivity index is 2.09. The van der Waals surface area contributed by atoms with Gasteiger partial charge in [-0.3, -0.25) is 10.1 Å². The molecule has 5 heteroatoms. The van der Waals surface area contributed by atoms with Gasteiger partial charge in [0, 0.05) is 18.7 Å². The van der Waals surface area contributed by atoms with Gasteiger partial charge in [0.2, 0.25) is 0 Å². The average Bonchev–Trinajstić information content (AvgIpc) is 2.46. The highest BCUT2D eigenvalue weighted by atomic mass is 19.1. The van der Waals surface area contributed by atoms with Crippen LogP contribution in [-0.4, -0.2) is 4.92 Å². The number of hydrogen-bond acceptors (Lipinski definition) is 3. The number of non-ortho nitro benzene ring substituents is 1. The van der Waals surface area contributed by atoms with E-state index in [0.717, 1.165) is 17.7 Å². The first-order valence-corrected chi connectivity index (χ1v) is 6.74. The molecule has 4 nitrogen and oxygen atoms in total. The summed E-state index contributed by atoms with van der Waals surface area (Å²) in [5.41, 5.74) is 2.23. The first-order valence-electron chi connectivity index (χ1n) is 6.74. The number of benzene rings is 2. The van der Waals surface area contributed by atoms with Gasteiger partial charge in [-0.05, 0) is 23.1 Å². The molecule has 0 atom stereocenters. The summed E-state index contributed by atoms with van der Waals surface area (Å²) >= 11 is 0. The Hall–Kier alpha value is -2.43. The van der Waals surface area contributed by atoms with Gasteiger partial charge >= 0.3 is 0 Å². The van der Waals surface area contributed by atoms with Crippen molar-refractivity contribution in [2.24, 2.45) is 0 Å². The molecule has 0 aliphatic rings. The zero-order valence-electron chi connectivity index (χ0n) is 12.0. The number of hydrogen-bond donors (Lipinski definition) is 1. The van der Waals surface area contributed by atoms with E-state index in [1.807, 2.05) is 24.3 Å². The van der Waals surface area contributed by atoms with E-state index in [-0.39, 0.29) is 11.4 Å². The van der Waals surface area contributed by atoms with E-state index in [2.05, 4.69) is 19.2 Å². The van der Waals surface area contributed by atoms with Crippen LogP contribution in [0.3, 0.4) is 0 Å². The summed E-state index contributed by atoms with van der Waals surface area (Å²) < 4.78 is 13.6. The zero-order chi connectivity index (χ0) is 15.4. The highest BCUT2D eigenvalue weighted by Crippen LogP contribution is 2.22. The van der Waals surface area contributed by atoms with Crippen molar-refractivity contribution in [3.8, 4) is 0 Å². The van der Waals surface area contributed by atoms with Crippen molar-refractivity contribution < 1.29 is 9.31 Å². The Morgan fingerprint density at radius 3 is 2.43 bits per heavy atom. The van der Waals surface area contributed by atoms with E-state index in [4.69, 9.17) is 0 Å². The van der Waals surface area contributed by atoms with E-state index < -0.39 is 10.7 Å². The SMILES string of the molecule is CC(C)c1ccc(CNc2cc([N+](=O)[O-])ccc2F)cc1. The Labute approximate surface area is 122 Å². The number of nitro groups is 1. The molecule has 0 spiro atoms. The molecule has 2 aromatic carbocycles. The van der Waals surface area contributed by atoms with E-state index >= 15 is 0 Å². The summed E-state index contributed by atoms with van der Waals surface area (Å²) in [4.78, 5) is 10.2. The maximum atomic E-state index is 13.6. The molecule has 0 heterocycles. The van der Waals surface area contributed by atoms with Gasteiger partial charge in [0.05, 0.1) is 10.6 Å². The second-order valence-electron chi connectivity index (χ2n) is 5.17. The van der Waals surface area contributed by atoms with Crippen molar-refractivity contribution in [2.75, 3.05) is 5.32 Å².